The lowest BCUT2D eigenvalue weighted by Crippen LogP contribution is -2.36. The van der Waals surface area contributed by atoms with Gasteiger partial charge in [0.2, 0.25) is 0 Å². The number of nitrogens with zero attached hydrogens (tertiary/aromatic N) is 4. The maximum absolute atomic E-state index is 13.8. The number of anilines is 1. The van der Waals surface area contributed by atoms with E-state index in [9.17, 15) is 9.18 Å². The van der Waals surface area contributed by atoms with Gasteiger partial charge in [0.15, 0.2) is 0 Å². The van der Waals surface area contributed by atoms with Crippen molar-refractivity contribution in [1.29, 1.82) is 0 Å². The molecule has 35 heavy (non-hydrogen) atoms. The molecule has 5 rings (SSSR count). The maximum atomic E-state index is 13.8. The third-order valence-electron chi connectivity index (χ3n) is 5.98. The molecule has 0 unspecified atom stereocenters. The van der Waals surface area contributed by atoms with Gasteiger partial charge >= 0.3 is 0 Å². The van der Waals surface area contributed by atoms with Gasteiger partial charge in [0.1, 0.15) is 11.5 Å². The summed E-state index contributed by atoms with van der Waals surface area (Å²) in [5.41, 5.74) is 4.68. The molecule has 1 saturated heterocycles. The highest BCUT2D eigenvalue weighted by atomic mass is 79.9. The molecule has 1 fully saturated rings. The van der Waals surface area contributed by atoms with E-state index in [0.717, 1.165) is 40.9 Å². The number of aromatic nitrogens is 3. The van der Waals surface area contributed by atoms with E-state index in [0.29, 0.717) is 28.9 Å². The van der Waals surface area contributed by atoms with E-state index >= 15 is 0 Å². The van der Waals surface area contributed by atoms with Crippen molar-refractivity contribution in [2.24, 2.45) is 0 Å². The minimum Gasteiger partial charge on any atom is -0.382 e. The molecule has 4 heterocycles. The van der Waals surface area contributed by atoms with Gasteiger partial charge in [-0.1, -0.05) is 0 Å². The molecule has 1 aliphatic rings. The molecule has 0 radical (unpaired) electrons. The summed E-state index contributed by atoms with van der Waals surface area (Å²) >= 11 is 3.24. The Hall–Kier alpha value is -3.43. The van der Waals surface area contributed by atoms with Crippen LogP contribution in [0.4, 0.5) is 10.1 Å². The van der Waals surface area contributed by atoms with E-state index in [1.165, 1.54) is 6.07 Å². The number of H-pyrrole nitrogens is 1. The first-order valence-electron chi connectivity index (χ1n) is 11.3. The standard InChI is InChI=1S/C26H25BrFN5O2/c1-31(2)16-24(18-3-4-23(28)22(27)11-18)33-6-5-17(12-25(33)34)21-15-30-26-20(21)13-19(14-29-26)32-7-9-35-10-8-32/h3-6,11-16H,7-10H2,1-2H3,(H,29,30)/b24-16-. The first kappa shape index (κ1) is 23.3. The lowest BCUT2D eigenvalue weighted by atomic mass is 10.1. The van der Waals surface area contributed by atoms with Crippen LogP contribution in [0.2, 0.25) is 0 Å². The Bertz CT molecular complexity index is 1470. The Balaban J connectivity index is 1.55. The SMILES string of the molecule is CN(C)/C=C(/c1ccc(F)c(Br)c1)n1ccc(-c2c[nH]c3ncc(N4CCOCC4)cc23)cc1=O. The van der Waals surface area contributed by atoms with Crippen molar-refractivity contribution in [3.05, 3.63) is 87.4 Å². The number of pyridine rings is 2. The Kier molecular flexibility index (Phi) is 6.44. The van der Waals surface area contributed by atoms with Crippen LogP contribution in [0.1, 0.15) is 5.56 Å². The molecule has 0 bridgehead atoms. The number of fused-ring (bicyclic) bond motifs is 1. The van der Waals surface area contributed by atoms with Gasteiger partial charge in [0.25, 0.3) is 5.56 Å². The van der Waals surface area contributed by atoms with E-state index in [4.69, 9.17) is 4.74 Å². The number of halogens is 2. The van der Waals surface area contributed by atoms with Gasteiger partial charge in [-0.3, -0.25) is 9.36 Å². The highest BCUT2D eigenvalue weighted by Gasteiger charge is 2.16. The number of nitrogens with one attached hydrogen (secondary N) is 1. The molecule has 0 amide bonds. The molecule has 0 spiro atoms. The minimum atomic E-state index is -0.356. The van der Waals surface area contributed by atoms with Crippen LogP contribution < -0.4 is 10.5 Å². The average Bonchev–Trinajstić information content (AvgIpc) is 3.28. The summed E-state index contributed by atoms with van der Waals surface area (Å²) in [6.45, 7) is 3.04. The maximum Gasteiger partial charge on any atom is 0.255 e. The zero-order valence-electron chi connectivity index (χ0n) is 19.5. The minimum absolute atomic E-state index is 0.192. The third-order valence-corrected chi connectivity index (χ3v) is 6.59. The van der Waals surface area contributed by atoms with Gasteiger partial charge < -0.3 is 19.5 Å². The first-order chi connectivity index (χ1) is 16.9. The van der Waals surface area contributed by atoms with Gasteiger partial charge in [-0.25, -0.2) is 9.37 Å². The molecule has 9 heteroatoms. The van der Waals surface area contributed by atoms with Crippen molar-refractivity contribution in [3.63, 3.8) is 0 Å². The van der Waals surface area contributed by atoms with Crippen LogP contribution >= 0.6 is 15.9 Å². The van der Waals surface area contributed by atoms with Crippen LogP contribution in [-0.2, 0) is 4.74 Å². The number of rotatable bonds is 5. The lowest BCUT2D eigenvalue weighted by molar-refractivity contribution is 0.122. The molecular weight excluding hydrogens is 513 g/mol. The first-order valence-corrected chi connectivity index (χ1v) is 12.1. The van der Waals surface area contributed by atoms with E-state index in [1.807, 2.05) is 43.7 Å². The topological polar surface area (TPSA) is 66.4 Å². The summed E-state index contributed by atoms with van der Waals surface area (Å²) in [6.07, 6.45) is 7.34. The largest absolute Gasteiger partial charge is 0.382 e. The predicted molar refractivity (Wildman–Crippen MR) is 140 cm³/mol. The fourth-order valence-corrected chi connectivity index (χ4v) is 4.63. The number of aromatic amines is 1. The zero-order chi connectivity index (χ0) is 24.5. The highest BCUT2D eigenvalue weighted by molar-refractivity contribution is 9.10. The summed E-state index contributed by atoms with van der Waals surface area (Å²) < 4.78 is 21.2. The molecule has 1 aliphatic heterocycles. The van der Waals surface area contributed by atoms with Gasteiger partial charge in [-0.15, -0.1) is 0 Å². The number of hydrogen-bond acceptors (Lipinski definition) is 5. The van der Waals surface area contributed by atoms with Gasteiger partial charge in [0.05, 0.1) is 35.3 Å². The fourth-order valence-electron chi connectivity index (χ4n) is 4.25. The van der Waals surface area contributed by atoms with Gasteiger partial charge in [-0.2, -0.15) is 0 Å². The highest BCUT2D eigenvalue weighted by Crippen LogP contribution is 2.30. The van der Waals surface area contributed by atoms with Crippen LogP contribution in [0, 0.1) is 5.82 Å². The fraction of sp³-hybridized carbons (Fsp3) is 0.231. The Morgan fingerprint density at radius 2 is 2.00 bits per heavy atom. The van der Waals surface area contributed by atoms with Crippen LogP contribution in [0.25, 0.3) is 27.9 Å². The van der Waals surface area contributed by atoms with Gasteiger partial charge in [0, 0.05) is 68.4 Å². The smallest absolute Gasteiger partial charge is 0.255 e. The Morgan fingerprint density at radius 1 is 1.20 bits per heavy atom. The molecule has 1 N–H and O–H groups in total. The normalized spacial score (nSPS) is 14.5. The molecule has 4 aromatic rings. The lowest BCUT2D eigenvalue weighted by Gasteiger charge is -2.28. The molecular formula is C26H25BrFN5O2. The van der Waals surface area contributed by atoms with Crippen LogP contribution in [0.3, 0.4) is 0 Å². The second-order valence-electron chi connectivity index (χ2n) is 8.62. The van der Waals surface area contributed by atoms with Crippen molar-refractivity contribution < 1.29 is 9.13 Å². The summed E-state index contributed by atoms with van der Waals surface area (Å²) in [4.78, 5) is 25.2. The number of morpholine rings is 1. The van der Waals surface area contributed by atoms with Crippen LogP contribution in [-0.4, -0.2) is 59.8 Å². The second-order valence-corrected chi connectivity index (χ2v) is 9.48. The molecule has 0 saturated carbocycles. The van der Waals surface area contributed by atoms with Crippen molar-refractivity contribution in [3.8, 4) is 11.1 Å². The van der Waals surface area contributed by atoms with E-state index in [2.05, 4.69) is 36.9 Å². The summed E-state index contributed by atoms with van der Waals surface area (Å²) in [7, 11) is 3.76. The van der Waals surface area contributed by atoms with Gasteiger partial charge in [-0.05, 0) is 51.8 Å². The monoisotopic (exact) mass is 537 g/mol. The third kappa shape index (κ3) is 4.74. The zero-order valence-corrected chi connectivity index (χ0v) is 21.0. The van der Waals surface area contributed by atoms with Crippen LogP contribution in [0.15, 0.2) is 70.5 Å². The van der Waals surface area contributed by atoms with E-state index < -0.39 is 0 Å². The van der Waals surface area contributed by atoms with Crippen molar-refractivity contribution in [1.82, 2.24) is 19.4 Å². The number of hydrogen-bond donors (Lipinski definition) is 1. The van der Waals surface area contributed by atoms with Crippen LogP contribution in [0.5, 0.6) is 0 Å². The second kappa shape index (κ2) is 9.67. The summed E-state index contributed by atoms with van der Waals surface area (Å²) in [6, 6.07) is 10.4. The molecule has 1 aromatic carbocycles. The van der Waals surface area contributed by atoms with E-state index in [1.54, 1.807) is 29.0 Å². The number of benzene rings is 1. The number of ether oxygens (including phenoxy) is 1. The molecule has 180 valence electrons. The quantitative estimate of drug-likeness (QED) is 0.405. The van der Waals surface area contributed by atoms with Crippen molar-refractivity contribution in [2.45, 2.75) is 0 Å². The van der Waals surface area contributed by atoms with E-state index in [-0.39, 0.29) is 11.4 Å². The molecule has 3 aromatic heterocycles. The van der Waals surface area contributed by atoms with Crippen molar-refractivity contribution >= 4 is 38.3 Å². The van der Waals surface area contributed by atoms with Crippen molar-refractivity contribution in [2.75, 3.05) is 45.3 Å². The Labute approximate surface area is 210 Å². The summed E-state index contributed by atoms with van der Waals surface area (Å²) in [5.74, 6) is -0.356. The Morgan fingerprint density at radius 3 is 2.71 bits per heavy atom. The molecule has 7 nitrogen and oxygen atoms in total. The molecule has 0 aliphatic carbocycles. The average molecular weight is 538 g/mol. The predicted octanol–water partition coefficient (Wildman–Crippen LogP) is 4.54. The molecule has 0 atom stereocenters. The summed E-state index contributed by atoms with van der Waals surface area (Å²) in [5, 5.41) is 0.956.